The van der Waals surface area contributed by atoms with Crippen LogP contribution in [0.2, 0.25) is 0 Å². The van der Waals surface area contributed by atoms with Crippen LogP contribution in [0.3, 0.4) is 0 Å². The Morgan fingerprint density at radius 2 is 2.16 bits per heavy atom. The molecule has 0 radical (unpaired) electrons. The summed E-state index contributed by atoms with van der Waals surface area (Å²) in [4.78, 5) is 17.3. The molecule has 7 nitrogen and oxygen atoms in total. The van der Waals surface area contributed by atoms with E-state index in [1.165, 1.54) is 11.9 Å². The zero-order chi connectivity index (χ0) is 18.8. The van der Waals surface area contributed by atoms with Crippen molar-refractivity contribution >= 4 is 15.9 Å². The van der Waals surface area contributed by atoms with Gasteiger partial charge in [-0.1, -0.05) is 0 Å². The first-order valence-electron chi connectivity index (χ1n) is 7.36. The van der Waals surface area contributed by atoms with Crippen molar-refractivity contribution in [1.29, 1.82) is 0 Å². The van der Waals surface area contributed by atoms with Crippen LogP contribution in [0.15, 0.2) is 18.3 Å². The predicted octanol–water partition coefficient (Wildman–Crippen LogP) is 0.971. The molecule has 0 spiro atoms. The van der Waals surface area contributed by atoms with Crippen molar-refractivity contribution in [2.45, 2.75) is 18.7 Å². The summed E-state index contributed by atoms with van der Waals surface area (Å²) in [6, 6.07) is 1.65. The molecule has 1 aromatic rings. The number of pyridine rings is 1. The average Bonchev–Trinajstić information content (AvgIpc) is 2.94. The molecule has 0 N–H and O–H groups in total. The Kier molecular flexibility index (Phi) is 5.57. The summed E-state index contributed by atoms with van der Waals surface area (Å²) in [6.07, 6.45) is -2.56. The van der Waals surface area contributed by atoms with Crippen LogP contribution in [-0.2, 0) is 21.0 Å². The van der Waals surface area contributed by atoms with Gasteiger partial charge in [0.1, 0.15) is 6.10 Å². The SMILES string of the molecule is CN(CC(=O)N1CCC(Oc2cc(C(F)(F)F)ccn2)C1)S(C)(=O)=O. The summed E-state index contributed by atoms with van der Waals surface area (Å²) in [5.41, 5.74) is -0.863. The van der Waals surface area contributed by atoms with E-state index in [1.54, 1.807) is 0 Å². The number of likely N-dealkylation sites (N-methyl/N-ethyl adjacent to an activating group) is 1. The fourth-order valence-corrected chi connectivity index (χ4v) is 2.62. The molecule has 0 aliphatic carbocycles. The summed E-state index contributed by atoms with van der Waals surface area (Å²) in [5.74, 6) is -0.557. The summed E-state index contributed by atoms with van der Waals surface area (Å²) >= 11 is 0. The highest BCUT2D eigenvalue weighted by Crippen LogP contribution is 2.31. The largest absolute Gasteiger partial charge is 0.472 e. The number of halogens is 3. The van der Waals surface area contributed by atoms with E-state index < -0.39 is 33.8 Å². The molecule has 1 unspecified atom stereocenters. The van der Waals surface area contributed by atoms with Gasteiger partial charge in [0.05, 0.1) is 24.9 Å². The molecule has 2 rings (SSSR count). The number of ether oxygens (including phenoxy) is 1. The number of amides is 1. The smallest absolute Gasteiger partial charge is 0.416 e. The van der Waals surface area contributed by atoms with Gasteiger partial charge < -0.3 is 9.64 Å². The Labute approximate surface area is 143 Å². The van der Waals surface area contributed by atoms with E-state index in [4.69, 9.17) is 4.74 Å². The van der Waals surface area contributed by atoms with Crippen molar-refractivity contribution in [3.63, 3.8) is 0 Å². The van der Waals surface area contributed by atoms with Crippen LogP contribution >= 0.6 is 0 Å². The summed E-state index contributed by atoms with van der Waals surface area (Å²) in [6.45, 7) is 0.196. The molecule has 0 saturated carbocycles. The third-order valence-electron chi connectivity index (χ3n) is 3.77. The zero-order valence-electron chi connectivity index (χ0n) is 13.7. The predicted molar refractivity (Wildman–Crippen MR) is 82.3 cm³/mol. The lowest BCUT2D eigenvalue weighted by atomic mass is 10.2. The number of alkyl halides is 3. The Hall–Kier alpha value is -1.88. The van der Waals surface area contributed by atoms with Crippen LogP contribution in [0.1, 0.15) is 12.0 Å². The summed E-state index contributed by atoms with van der Waals surface area (Å²) in [7, 11) is -2.17. The normalized spacial score (nSPS) is 18.6. The van der Waals surface area contributed by atoms with Crippen molar-refractivity contribution < 1.29 is 31.1 Å². The minimum atomic E-state index is -4.49. The lowest BCUT2D eigenvalue weighted by molar-refractivity contribution is -0.137. The molecule has 2 heterocycles. The Bertz CT molecular complexity index is 739. The number of hydrogen-bond donors (Lipinski definition) is 0. The maximum absolute atomic E-state index is 12.7. The van der Waals surface area contributed by atoms with Crippen molar-refractivity contribution in [3.05, 3.63) is 23.9 Å². The van der Waals surface area contributed by atoms with E-state index >= 15 is 0 Å². The maximum Gasteiger partial charge on any atom is 0.416 e. The lowest BCUT2D eigenvalue weighted by Crippen LogP contribution is -2.40. The van der Waals surface area contributed by atoms with Crippen molar-refractivity contribution in [2.75, 3.05) is 32.9 Å². The second-order valence-electron chi connectivity index (χ2n) is 5.77. The van der Waals surface area contributed by atoms with Crippen LogP contribution in [0.5, 0.6) is 5.88 Å². The van der Waals surface area contributed by atoms with Gasteiger partial charge in [-0.15, -0.1) is 0 Å². The monoisotopic (exact) mass is 381 g/mol. The summed E-state index contributed by atoms with van der Waals surface area (Å²) in [5, 5.41) is 0. The van der Waals surface area contributed by atoms with Crippen LogP contribution < -0.4 is 4.74 Å². The molecule has 140 valence electrons. The first-order chi connectivity index (χ1) is 11.5. The molecule has 1 fully saturated rings. The first-order valence-corrected chi connectivity index (χ1v) is 9.20. The Morgan fingerprint density at radius 3 is 2.76 bits per heavy atom. The molecule has 1 aliphatic rings. The van der Waals surface area contributed by atoms with E-state index in [1.807, 2.05) is 0 Å². The fourth-order valence-electron chi connectivity index (χ4n) is 2.28. The van der Waals surface area contributed by atoms with Gasteiger partial charge in [-0.05, 0) is 6.07 Å². The molecule has 1 aliphatic heterocycles. The third-order valence-corrected chi connectivity index (χ3v) is 5.03. The van der Waals surface area contributed by atoms with Gasteiger partial charge in [-0.2, -0.15) is 17.5 Å². The number of rotatable bonds is 5. The second-order valence-corrected chi connectivity index (χ2v) is 7.86. The highest BCUT2D eigenvalue weighted by Gasteiger charge is 2.32. The quantitative estimate of drug-likeness (QED) is 0.759. The van der Waals surface area contributed by atoms with Gasteiger partial charge in [0.2, 0.25) is 21.8 Å². The molecule has 0 bridgehead atoms. The highest BCUT2D eigenvalue weighted by atomic mass is 32.2. The number of nitrogens with zero attached hydrogens (tertiary/aromatic N) is 3. The molecular weight excluding hydrogens is 363 g/mol. The van der Waals surface area contributed by atoms with E-state index in [2.05, 4.69) is 4.98 Å². The zero-order valence-corrected chi connectivity index (χ0v) is 14.5. The molecule has 11 heteroatoms. The van der Waals surface area contributed by atoms with E-state index in [0.29, 0.717) is 13.0 Å². The van der Waals surface area contributed by atoms with Gasteiger partial charge >= 0.3 is 6.18 Å². The number of sulfonamides is 1. The average molecular weight is 381 g/mol. The van der Waals surface area contributed by atoms with Crippen LogP contribution in [0.4, 0.5) is 13.2 Å². The highest BCUT2D eigenvalue weighted by molar-refractivity contribution is 7.88. The number of hydrogen-bond acceptors (Lipinski definition) is 5. The van der Waals surface area contributed by atoms with Crippen molar-refractivity contribution in [2.24, 2.45) is 0 Å². The number of carbonyl (C=O) groups excluding carboxylic acids is 1. The molecule has 1 amide bonds. The van der Waals surface area contributed by atoms with E-state index in [0.717, 1.165) is 28.9 Å². The maximum atomic E-state index is 12.7. The topological polar surface area (TPSA) is 79.8 Å². The van der Waals surface area contributed by atoms with Gasteiger partial charge in [0, 0.05) is 32.3 Å². The van der Waals surface area contributed by atoms with Crippen molar-refractivity contribution in [3.8, 4) is 5.88 Å². The van der Waals surface area contributed by atoms with Gasteiger partial charge in [0.25, 0.3) is 0 Å². The van der Waals surface area contributed by atoms with Crippen LogP contribution in [-0.4, -0.2) is 67.6 Å². The molecule has 0 aromatic carbocycles. The van der Waals surface area contributed by atoms with Gasteiger partial charge in [-0.3, -0.25) is 4.79 Å². The lowest BCUT2D eigenvalue weighted by Gasteiger charge is -2.20. The Morgan fingerprint density at radius 1 is 1.48 bits per heavy atom. The third kappa shape index (κ3) is 5.30. The summed E-state index contributed by atoms with van der Waals surface area (Å²) < 4.78 is 67.0. The minimum absolute atomic E-state index is 0.161. The molecule has 1 aromatic heterocycles. The number of aromatic nitrogens is 1. The number of carbonyl (C=O) groups is 1. The van der Waals surface area contributed by atoms with Crippen LogP contribution in [0.25, 0.3) is 0 Å². The first kappa shape index (κ1) is 19.4. The standard InChI is InChI=1S/C14H18F3N3O4S/c1-19(25(2,22)23)9-13(21)20-6-4-11(8-20)24-12-7-10(3-5-18-12)14(15,16)17/h3,5,7,11H,4,6,8-9H2,1-2H3. The molecule has 1 atom stereocenters. The van der Waals surface area contributed by atoms with Gasteiger partial charge in [0.15, 0.2) is 0 Å². The molecule has 25 heavy (non-hydrogen) atoms. The molecular formula is C14H18F3N3O4S. The molecule has 1 saturated heterocycles. The van der Waals surface area contributed by atoms with Crippen LogP contribution in [0, 0.1) is 0 Å². The fraction of sp³-hybridized carbons (Fsp3) is 0.571. The van der Waals surface area contributed by atoms with Crippen molar-refractivity contribution in [1.82, 2.24) is 14.2 Å². The van der Waals surface area contributed by atoms with E-state index in [-0.39, 0.29) is 19.0 Å². The second kappa shape index (κ2) is 7.16. The Balaban J connectivity index is 1.94. The van der Waals surface area contributed by atoms with E-state index in [9.17, 15) is 26.4 Å². The number of likely N-dealkylation sites (tertiary alicyclic amines) is 1. The minimum Gasteiger partial charge on any atom is -0.472 e. The van der Waals surface area contributed by atoms with Gasteiger partial charge in [-0.25, -0.2) is 13.4 Å².